The van der Waals surface area contributed by atoms with E-state index in [1.165, 1.54) is 6.07 Å². The molecule has 1 aliphatic heterocycles. The fourth-order valence-corrected chi connectivity index (χ4v) is 2.94. The maximum Gasteiger partial charge on any atom is 0.416 e. The first-order valence-corrected chi connectivity index (χ1v) is 7.18. The minimum atomic E-state index is -4.35. The molecule has 1 aromatic rings. The molecule has 2 atom stereocenters. The van der Waals surface area contributed by atoms with E-state index >= 15 is 0 Å². The molecular formula is C16H21F3O2. The van der Waals surface area contributed by atoms with E-state index in [2.05, 4.69) is 0 Å². The fraction of sp³-hybridized carbons (Fsp3) is 0.625. The average Bonchev–Trinajstić information content (AvgIpc) is 2.37. The lowest BCUT2D eigenvalue weighted by molar-refractivity contribution is -0.153. The van der Waals surface area contributed by atoms with E-state index in [1.807, 2.05) is 13.8 Å². The standard InChI is InChI=1S/C16H21F3O2/c1-3-14(2)11-15(20,7-8-21-14)10-12-5-4-6-13(9-12)16(17,18)19/h4-6,9,20H,3,7-8,10-11H2,1-2H3. The number of benzene rings is 1. The maximum atomic E-state index is 12.7. The lowest BCUT2D eigenvalue weighted by Crippen LogP contribution is -2.48. The van der Waals surface area contributed by atoms with E-state index in [-0.39, 0.29) is 6.42 Å². The first kappa shape index (κ1) is 16.3. The Morgan fingerprint density at radius 1 is 1.33 bits per heavy atom. The van der Waals surface area contributed by atoms with E-state index < -0.39 is 22.9 Å². The first-order valence-electron chi connectivity index (χ1n) is 7.18. The number of aliphatic hydroxyl groups is 1. The number of alkyl halides is 3. The zero-order valence-corrected chi connectivity index (χ0v) is 12.3. The van der Waals surface area contributed by atoms with Crippen LogP contribution in [-0.4, -0.2) is 22.9 Å². The molecule has 2 nitrogen and oxygen atoms in total. The number of hydrogen-bond acceptors (Lipinski definition) is 2. The van der Waals surface area contributed by atoms with Gasteiger partial charge in [0.2, 0.25) is 0 Å². The molecule has 21 heavy (non-hydrogen) atoms. The van der Waals surface area contributed by atoms with Crippen LogP contribution in [0.3, 0.4) is 0 Å². The normalized spacial score (nSPS) is 30.4. The Kier molecular flexibility index (Phi) is 4.36. The summed E-state index contributed by atoms with van der Waals surface area (Å²) in [5.41, 5.74) is -1.58. The van der Waals surface area contributed by atoms with Crippen molar-refractivity contribution in [2.45, 2.75) is 56.9 Å². The summed E-state index contributed by atoms with van der Waals surface area (Å²) in [6.45, 7) is 4.35. The molecule has 0 bridgehead atoms. The highest BCUT2D eigenvalue weighted by Gasteiger charge is 2.41. The van der Waals surface area contributed by atoms with Crippen LogP contribution in [0.5, 0.6) is 0 Å². The van der Waals surface area contributed by atoms with Crippen molar-refractivity contribution in [3.8, 4) is 0 Å². The summed E-state index contributed by atoms with van der Waals surface area (Å²) in [7, 11) is 0. The maximum absolute atomic E-state index is 12.7. The molecule has 0 amide bonds. The molecule has 2 rings (SSSR count). The molecule has 0 saturated carbocycles. The van der Waals surface area contributed by atoms with Gasteiger partial charge in [0.15, 0.2) is 0 Å². The van der Waals surface area contributed by atoms with Crippen LogP contribution in [0.2, 0.25) is 0 Å². The molecule has 5 heteroatoms. The predicted molar refractivity (Wildman–Crippen MR) is 74.0 cm³/mol. The second-order valence-corrected chi connectivity index (χ2v) is 6.18. The summed E-state index contributed by atoms with van der Waals surface area (Å²) in [6.07, 6.45) is -2.49. The Labute approximate surface area is 122 Å². The Morgan fingerprint density at radius 3 is 2.67 bits per heavy atom. The van der Waals surface area contributed by atoms with E-state index in [0.29, 0.717) is 25.0 Å². The van der Waals surface area contributed by atoms with Gasteiger partial charge in [-0.2, -0.15) is 13.2 Å². The van der Waals surface area contributed by atoms with E-state index in [9.17, 15) is 18.3 Å². The summed E-state index contributed by atoms with van der Waals surface area (Å²) in [6, 6.07) is 5.19. The monoisotopic (exact) mass is 302 g/mol. The number of ether oxygens (including phenoxy) is 1. The van der Waals surface area contributed by atoms with Crippen molar-refractivity contribution in [1.29, 1.82) is 0 Å². The van der Waals surface area contributed by atoms with Gasteiger partial charge in [-0.25, -0.2) is 0 Å². The molecule has 0 aromatic heterocycles. The van der Waals surface area contributed by atoms with Gasteiger partial charge < -0.3 is 9.84 Å². The molecule has 118 valence electrons. The van der Waals surface area contributed by atoms with E-state index in [4.69, 9.17) is 4.74 Å². The smallest absolute Gasteiger partial charge is 0.389 e. The van der Waals surface area contributed by atoms with Crippen LogP contribution in [0.1, 0.15) is 44.2 Å². The summed E-state index contributed by atoms with van der Waals surface area (Å²) in [5, 5.41) is 10.7. The molecule has 1 fully saturated rings. The largest absolute Gasteiger partial charge is 0.416 e. The van der Waals surface area contributed by atoms with Crippen LogP contribution in [-0.2, 0) is 17.3 Å². The van der Waals surface area contributed by atoms with Gasteiger partial charge >= 0.3 is 6.18 Å². The zero-order valence-electron chi connectivity index (χ0n) is 12.3. The van der Waals surface area contributed by atoms with Gasteiger partial charge in [0.1, 0.15) is 0 Å². The molecule has 0 radical (unpaired) electrons. The van der Waals surface area contributed by atoms with Gasteiger partial charge in [-0.3, -0.25) is 0 Å². The Hall–Kier alpha value is -1.07. The Balaban J connectivity index is 2.17. The van der Waals surface area contributed by atoms with Crippen molar-refractivity contribution in [2.75, 3.05) is 6.61 Å². The van der Waals surface area contributed by atoms with Crippen molar-refractivity contribution >= 4 is 0 Å². The molecule has 1 saturated heterocycles. The van der Waals surface area contributed by atoms with Crippen molar-refractivity contribution in [3.63, 3.8) is 0 Å². The first-order chi connectivity index (χ1) is 9.66. The highest BCUT2D eigenvalue weighted by Crippen LogP contribution is 2.37. The van der Waals surface area contributed by atoms with Crippen LogP contribution in [0, 0.1) is 0 Å². The fourth-order valence-electron chi connectivity index (χ4n) is 2.94. The molecule has 2 unspecified atom stereocenters. The third kappa shape index (κ3) is 3.98. The van der Waals surface area contributed by atoms with Crippen LogP contribution >= 0.6 is 0 Å². The molecule has 1 heterocycles. The quantitative estimate of drug-likeness (QED) is 0.916. The summed E-state index contributed by atoms with van der Waals surface area (Å²) >= 11 is 0. The van der Waals surface area contributed by atoms with E-state index in [1.54, 1.807) is 6.07 Å². The SMILES string of the molecule is CCC1(C)CC(O)(Cc2cccc(C(F)(F)F)c2)CCO1. The van der Waals surface area contributed by atoms with Crippen LogP contribution in [0.4, 0.5) is 13.2 Å². The molecule has 0 spiro atoms. The topological polar surface area (TPSA) is 29.5 Å². The van der Waals surface area contributed by atoms with Gasteiger partial charge in [0, 0.05) is 12.8 Å². The summed E-state index contributed by atoms with van der Waals surface area (Å²) in [4.78, 5) is 0. The summed E-state index contributed by atoms with van der Waals surface area (Å²) < 4.78 is 43.9. The molecule has 1 aliphatic rings. The van der Waals surface area contributed by atoms with Crippen LogP contribution in [0.25, 0.3) is 0 Å². The van der Waals surface area contributed by atoms with Gasteiger partial charge in [0.25, 0.3) is 0 Å². The average molecular weight is 302 g/mol. The van der Waals surface area contributed by atoms with Gasteiger partial charge in [0.05, 0.1) is 23.4 Å². The minimum Gasteiger partial charge on any atom is -0.389 e. The number of halogens is 3. The molecular weight excluding hydrogens is 281 g/mol. The van der Waals surface area contributed by atoms with Crippen molar-refractivity contribution in [2.24, 2.45) is 0 Å². The zero-order chi connectivity index (χ0) is 15.7. The number of rotatable bonds is 3. The lowest BCUT2D eigenvalue weighted by atomic mass is 9.78. The molecule has 1 aromatic carbocycles. The number of hydrogen-bond donors (Lipinski definition) is 1. The van der Waals surface area contributed by atoms with E-state index in [0.717, 1.165) is 18.6 Å². The van der Waals surface area contributed by atoms with Crippen molar-refractivity contribution < 1.29 is 23.0 Å². The predicted octanol–water partition coefficient (Wildman–Crippen LogP) is 3.96. The van der Waals surface area contributed by atoms with Crippen LogP contribution in [0.15, 0.2) is 24.3 Å². The minimum absolute atomic E-state index is 0.218. The Morgan fingerprint density at radius 2 is 2.05 bits per heavy atom. The highest BCUT2D eigenvalue weighted by molar-refractivity contribution is 5.27. The van der Waals surface area contributed by atoms with Crippen LogP contribution < -0.4 is 0 Å². The second-order valence-electron chi connectivity index (χ2n) is 6.18. The summed E-state index contributed by atoms with van der Waals surface area (Å²) in [5.74, 6) is 0. The Bertz CT molecular complexity index is 501. The van der Waals surface area contributed by atoms with Crippen molar-refractivity contribution in [3.05, 3.63) is 35.4 Å². The second kappa shape index (κ2) is 5.61. The lowest BCUT2D eigenvalue weighted by Gasteiger charge is -2.43. The molecule has 0 aliphatic carbocycles. The molecule has 1 N–H and O–H groups in total. The van der Waals surface area contributed by atoms with Gasteiger partial charge in [-0.1, -0.05) is 25.1 Å². The van der Waals surface area contributed by atoms with Gasteiger partial charge in [-0.05, 0) is 31.4 Å². The third-order valence-electron chi connectivity index (χ3n) is 4.26. The highest BCUT2D eigenvalue weighted by atomic mass is 19.4. The van der Waals surface area contributed by atoms with Crippen molar-refractivity contribution in [1.82, 2.24) is 0 Å². The third-order valence-corrected chi connectivity index (χ3v) is 4.26. The van der Waals surface area contributed by atoms with Gasteiger partial charge in [-0.15, -0.1) is 0 Å².